The van der Waals surface area contributed by atoms with Crippen LogP contribution in [0.15, 0.2) is 47.3 Å². The normalized spacial score (nSPS) is 10.6. The predicted octanol–water partition coefficient (Wildman–Crippen LogP) is 4.62. The van der Waals surface area contributed by atoms with Gasteiger partial charge in [-0.1, -0.05) is 22.8 Å². The molecule has 0 aliphatic carbocycles. The zero-order valence-corrected chi connectivity index (χ0v) is 12.7. The van der Waals surface area contributed by atoms with Crippen molar-refractivity contribution in [2.45, 2.75) is 6.92 Å². The predicted molar refractivity (Wildman–Crippen MR) is 84.0 cm³/mol. The molecule has 0 atom stereocenters. The second-order valence-electron chi connectivity index (χ2n) is 4.55. The van der Waals surface area contributed by atoms with Gasteiger partial charge in [0.05, 0.1) is 16.8 Å². The number of benzene rings is 1. The van der Waals surface area contributed by atoms with Gasteiger partial charge in [-0.2, -0.15) is 0 Å². The molecule has 3 rings (SSSR count). The van der Waals surface area contributed by atoms with E-state index in [4.69, 9.17) is 11.6 Å². The van der Waals surface area contributed by atoms with Crippen LogP contribution in [0.1, 0.15) is 15.9 Å². The molecule has 106 valence electrons. The van der Waals surface area contributed by atoms with E-state index in [0.29, 0.717) is 10.6 Å². The molecule has 1 aromatic carbocycles. The second-order valence-corrected chi connectivity index (χ2v) is 6.07. The minimum atomic E-state index is -0.244. The Morgan fingerprint density at radius 1 is 1.33 bits per heavy atom. The zero-order chi connectivity index (χ0) is 14.8. The molecule has 0 saturated carbocycles. The van der Waals surface area contributed by atoms with E-state index in [9.17, 15) is 4.79 Å². The third-order valence-electron chi connectivity index (χ3n) is 2.86. The minimum absolute atomic E-state index is 0.244. The Hall–Kier alpha value is -2.11. The number of aromatic nitrogens is 1. The van der Waals surface area contributed by atoms with E-state index in [1.165, 1.54) is 23.8 Å². The molecule has 1 N–H and O–H groups in total. The van der Waals surface area contributed by atoms with Gasteiger partial charge < -0.3 is 9.84 Å². The Morgan fingerprint density at radius 2 is 2.19 bits per heavy atom. The van der Waals surface area contributed by atoms with Gasteiger partial charge in [0.1, 0.15) is 6.26 Å². The molecule has 1 amide bonds. The summed E-state index contributed by atoms with van der Waals surface area (Å²) in [4.78, 5) is 12.9. The number of anilines is 1. The van der Waals surface area contributed by atoms with Crippen molar-refractivity contribution < 1.29 is 9.32 Å². The summed E-state index contributed by atoms with van der Waals surface area (Å²) in [5.74, 6) is -0.244. The highest BCUT2D eigenvalue weighted by atomic mass is 35.5. The summed E-state index contributed by atoms with van der Waals surface area (Å²) in [6.07, 6.45) is 2.69. The van der Waals surface area contributed by atoms with Crippen molar-refractivity contribution in [3.8, 4) is 10.4 Å². The van der Waals surface area contributed by atoms with Crippen LogP contribution in [0.2, 0.25) is 5.02 Å². The number of hydrogen-bond acceptors (Lipinski definition) is 4. The molecule has 0 fully saturated rings. The van der Waals surface area contributed by atoms with Crippen LogP contribution in [0, 0.1) is 6.92 Å². The van der Waals surface area contributed by atoms with E-state index in [2.05, 4.69) is 21.1 Å². The van der Waals surface area contributed by atoms with Crippen LogP contribution in [-0.2, 0) is 0 Å². The molecule has 0 saturated heterocycles. The molecule has 4 nitrogen and oxygen atoms in total. The van der Waals surface area contributed by atoms with Crippen molar-refractivity contribution >= 4 is 33.8 Å². The first-order valence-corrected chi connectivity index (χ1v) is 7.39. The third-order valence-corrected chi connectivity index (χ3v) is 4.13. The Bertz CT molecular complexity index is 761. The summed E-state index contributed by atoms with van der Waals surface area (Å²) in [6.45, 7) is 2.00. The highest BCUT2D eigenvalue weighted by molar-refractivity contribution is 7.19. The fourth-order valence-corrected chi connectivity index (χ4v) is 3.12. The number of thiophene rings is 1. The SMILES string of the molecule is Cc1cc(Cl)cc(-c2ccc(NC(=O)c3cnoc3)s2)c1. The smallest absolute Gasteiger partial charge is 0.261 e. The summed E-state index contributed by atoms with van der Waals surface area (Å²) in [5.41, 5.74) is 2.53. The van der Waals surface area contributed by atoms with E-state index < -0.39 is 0 Å². The molecule has 6 heteroatoms. The van der Waals surface area contributed by atoms with E-state index in [1.807, 2.05) is 31.2 Å². The zero-order valence-electron chi connectivity index (χ0n) is 11.1. The lowest BCUT2D eigenvalue weighted by Crippen LogP contribution is -2.09. The van der Waals surface area contributed by atoms with Crippen molar-refractivity contribution in [3.63, 3.8) is 0 Å². The Kier molecular flexibility index (Phi) is 3.77. The first-order chi connectivity index (χ1) is 10.1. The van der Waals surface area contributed by atoms with Crippen LogP contribution in [0.4, 0.5) is 5.00 Å². The van der Waals surface area contributed by atoms with Crippen molar-refractivity contribution in [2.24, 2.45) is 0 Å². The molecule has 0 radical (unpaired) electrons. The van der Waals surface area contributed by atoms with Gasteiger partial charge in [0.25, 0.3) is 5.91 Å². The van der Waals surface area contributed by atoms with Gasteiger partial charge >= 0.3 is 0 Å². The summed E-state index contributed by atoms with van der Waals surface area (Å²) >= 11 is 7.56. The molecule has 2 heterocycles. The maximum absolute atomic E-state index is 11.9. The number of carbonyl (C=O) groups is 1. The number of aryl methyl sites for hydroxylation is 1. The Balaban J connectivity index is 1.81. The maximum Gasteiger partial charge on any atom is 0.261 e. The number of nitrogens with one attached hydrogen (secondary N) is 1. The third kappa shape index (κ3) is 3.15. The quantitative estimate of drug-likeness (QED) is 0.766. The lowest BCUT2D eigenvalue weighted by atomic mass is 10.1. The van der Waals surface area contributed by atoms with Crippen LogP contribution in [0.5, 0.6) is 0 Å². The lowest BCUT2D eigenvalue weighted by Gasteiger charge is -2.01. The van der Waals surface area contributed by atoms with Gasteiger partial charge in [0, 0.05) is 9.90 Å². The van der Waals surface area contributed by atoms with Crippen LogP contribution < -0.4 is 5.32 Å². The summed E-state index contributed by atoms with van der Waals surface area (Å²) in [5, 5.41) is 7.78. The molecule has 0 aliphatic heterocycles. The van der Waals surface area contributed by atoms with Crippen LogP contribution in [0.3, 0.4) is 0 Å². The van der Waals surface area contributed by atoms with E-state index >= 15 is 0 Å². The van der Waals surface area contributed by atoms with E-state index in [0.717, 1.165) is 21.0 Å². The molecule has 0 aliphatic rings. The number of amides is 1. The molecule has 21 heavy (non-hydrogen) atoms. The highest BCUT2D eigenvalue weighted by Crippen LogP contribution is 2.33. The first-order valence-electron chi connectivity index (χ1n) is 6.20. The fourth-order valence-electron chi connectivity index (χ4n) is 1.94. The molecular formula is C15H11ClN2O2S. The van der Waals surface area contributed by atoms with Gasteiger partial charge in [0.2, 0.25) is 0 Å². The topological polar surface area (TPSA) is 55.1 Å². The molecule has 0 unspecified atom stereocenters. The summed E-state index contributed by atoms with van der Waals surface area (Å²) in [7, 11) is 0. The van der Waals surface area contributed by atoms with Crippen molar-refractivity contribution in [2.75, 3.05) is 5.32 Å². The number of halogens is 1. The van der Waals surface area contributed by atoms with Crippen LogP contribution in [0.25, 0.3) is 10.4 Å². The number of nitrogens with zero attached hydrogens (tertiary/aromatic N) is 1. The number of hydrogen-bond donors (Lipinski definition) is 1. The lowest BCUT2D eigenvalue weighted by molar-refractivity contribution is 0.102. The Labute approximate surface area is 130 Å². The average Bonchev–Trinajstić information content (AvgIpc) is 3.08. The van der Waals surface area contributed by atoms with Gasteiger partial charge in [-0.05, 0) is 42.3 Å². The molecule has 0 bridgehead atoms. The fraction of sp³-hybridized carbons (Fsp3) is 0.0667. The monoisotopic (exact) mass is 318 g/mol. The highest BCUT2D eigenvalue weighted by Gasteiger charge is 2.10. The molecule has 2 aromatic heterocycles. The standard InChI is InChI=1S/C15H11ClN2O2S/c1-9-4-10(6-12(16)5-9)13-2-3-14(21-13)18-15(19)11-7-17-20-8-11/h2-8H,1H3,(H,18,19). The van der Waals surface area contributed by atoms with Gasteiger partial charge in [-0.15, -0.1) is 11.3 Å². The van der Waals surface area contributed by atoms with Crippen LogP contribution in [-0.4, -0.2) is 11.1 Å². The first kappa shape index (κ1) is 13.9. The van der Waals surface area contributed by atoms with E-state index in [1.54, 1.807) is 0 Å². The maximum atomic E-state index is 11.9. The van der Waals surface area contributed by atoms with Gasteiger partial charge in [-0.25, -0.2) is 0 Å². The van der Waals surface area contributed by atoms with Crippen LogP contribution >= 0.6 is 22.9 Å². The molecular weight excluding hydrogens is 308 g/mol. The van der Waals surface area contributed by atoms with Gasteiger partial charge in [-0.3, -0.25) is 4.79 Å². The number of carbonyl (C=O) groups excluding carboxylic acids is 1. The molecule has 0 spiro atoms. The van der Waals surface area contributed by atoms with Crippen molar-refractivity contribution in [1.29, 1.82) is 0 Å². The summed E-state index contributed by atoms with van der Waals surface area (Å²) in [6, 6.07) is 9.70. The van der Waals surface area contributed by atoms with Gasteiger partial charge in [0.15, 0.2) is 0 Å². The van der Waals surface area contributed by atoms with E-state index in [-0.39, 0.29) is 5.91 Å². The molecule has 3 aromatic rings. The second kappa shape index (κ2) is 5.71. The minimum Gasteiger partial charge on any atom is -0.364 e. The number of rotatable bonds is 3. The average molecular weight is 319 g/mol. The largest absolute Gasteiger partial charge is 0.364 e. The Morgan fingerprint density at radius 3 is 2.90 bits per heavy atom. The summed E-state index contributed by atoms with van der Waals surface area (Å²) < 4.78 is 4.65. The van der Waals surface area contributed by atoms with Crippen molar-refractivity contribution in [1.82, 2.24) is 5.16 Å². The van der Waals surface area contributed by atoms with Crippen molar-refractivity contribution in [3.05, 3.63) is 58.9 Å².